The molecule has 6 nitrogen and oxygen atoms in total. The van der Waals surface area contributed by atoms with Crippen molar-refractivity contribution in [1.82, 2.24) is 15.5 Å². The van der Waals surface area contributed by atoms with Crippen LogP contribution in [0.5, 0.6) is 0 Å². The number of hydrogen-bond acceptors (Lipinski definition) is 3. The summed E-state index contributed by atoms with van der Waals surface area (Å²) in [6, 6.07) is 3.46. The fraction of sp³-hybridized carbons (Fsp3) is 0.500. The molecule has 0 spiro atoms. The van der Waals surface area contributed by atoms with Gasteiger partial charge in [-0.1, -0.05) is 32.9 Å². The molecule has 1 aromatic carbocycles. The summed E-state index contributed by atoms with van der Waals surface area (Å²) in [5, 5.41) is 4.84. The van der Waals surface area contributed by atoms with E-state index in [1.807, 2.05) is 0 Å². The second-order valence-electron chi connectivity index (χ2n) is 7.51. The SMILES string of the molecule is CC(C)(C)C(NC(=O)CN1CCC(=O)NC1=O)c1cccc(C(F)(F)F)c1. The molecular weight excluding hydrogens is 363 g/mol. The van der Waals surface area contributed by atoms with Crippen molar-refractivity contribution in [1.29, 1.82) is 0 Å². The van der Waals surface area contributed by atoms with E-state index in [2.05, 4.69) is 10.6 Å². The fourth-order valence-corrected chi connectivity index (χ4v) is 2.82. The van der Waals surface area contributed by atoms with Crippen molar-refractivity contribution in [2.45, 2.75) is 39.4 Å². The van der Waals surface area contributed by atoms with E-state index in [4.69, 9.17) is 0 Å². The maximum atomic E-state index is 13.0. The van der Waals surface area contributed by atoms with Gasteiger partial charge in [0.25, 0.3) is 0 Å². The molecule has 0 radical (unpaired) electrons. The van der Waals surface area contributed by atoms with Gasteiger partial charge < -0.3 is 10.2 Å². The molecule has 0 aromatic heterocycles. The van der Waals surface area contributed by atoms with Gasteiger partial charge in [-0.25, -0.2) is 4.79 Å². The number of imide groups is 1. The molecule has 148 valence electrons. The van der Waals surface area contributed by atoms with Crippen LogP contribution in [0, 0.1) is 5.41 Å². The van der Waals surface area contributed by atoms with Gasteiger partial charge in [0.15, 0.2) is 0 Å². The summed E-state index contributed by atoms with van der Waals surface area (Å²) in [4.78, 5) is 36.5. The maximum Gasteiger partial charge on any atom is 0.416 e. The van der Waals surface area contributed by atoms with Gasteiger partial charge in [0.1, 0.15) is 6.54 Å². The fourth-order valence-electron chi connectivity index (χ4n) is 2.82. The normalized spacial score (nSPS) is 16.7. The molecule has 1 saturated heterocycles. The van der Waals surface area contributed by atoms with E-state index in [-0.39, 0.29) is 19.5 Å². The van der Waals surface area contributed by atoms with Gasteiger partial charge in [-0.3, -0.25) is 14.9 Å². The smallest absolute Gasteiger partial charge is 0.347 e. The van der Waals surface area contributed by atoms with Crippen LogP contribution in [0.25, 0.3) is 0 Å². The van der Waals surface area contributed by atoms with E-state index in [1.165, 1.54) is 17.0 Å². The Hall–Kier alpha value is -2.58. The van der Waals surface area contributed by atoms with E-state index in [0.717, 1.165) is 12.1 Å². The largest absolute Gasteiger partial charge is 0.416 e. The van der Waals surface area contributed by atoms with Gasteiger partial charge in [0.05, 0.1) is 11.6 Å². The number of halogens is 3. The molecule has 1 heterocycles. The summed E-state index contributed by atoms with van der Waals surface area (Å²) < 4.78 is 39.0. The van der Waals surface area contributed by atoms with Crippen LogP contribution in [0.1, 0.15) is 44.4 Å². The molecule has 9 heteroatoms. The quantitative estimate of drug-likeness (QED) is 0.837. The van der Waals surface area contributed by atoms with Crippen molar-refractivity contribution in [2.24, 2.45) is 5.41 Å². The number of rotatable bonds is 4. The number of carbonyl (C=O) groups is 3. The maximum absolute atomic E-state index is 13.0. The Balaban J connectivity index is 2.17. The molecule has 1 aromatic rings. The number of alkyl halides is 3. The molecular formula is C18H22F3N3O3. The zero-order valence-electron chi connectivity index (χ0n) is 15.3. The summed E-state index contributed by atoms with van der Waals surface area (Å²) >= 11 is 0. The second kappa shape index (κ2) is 7.58. The molecule has 1 unspecified atom stereocenters. The zero-order chi connectivity index (χ0) is 20.4. The highest BCUT2D eigenvalue weighted by Crippen LogP contribution is 2.36. The third-order valence-electron chi connectivity index (χ3n) is 4.20. The number of hydrogen-bond donors (Lipinski definition) is 2. The van der Waals surface area contributed by atoms with E-state index in [0.29, 0.717) is 5.56 Å². The number of benzene rings is 1. The second-order valence-corrected chi connectivity index (χ2v) is 7.51. The Labute approximate surface area is 155 Å². The summed E-state index contributed by atoms with van der Waals surface area (Å²) in [5.74, 6) is -0.926. The van der Waals surface area contributed by atoms with Gasteiger partial charge in [0.2, 0.25) is 11.8 Å². The molecule has 0 saturated carbocycles. The number of nitrogens with zero attached hydrogens (tertiary/aromatic N) is 1. The predicted octanol–water partition coefficient (Wildman–Crippen LogP) is 2.85. The average Bonchev–Trinajstić information content (AvgIpc) is 2.53. The van der Waals surface area contributed by atoms with Gasteiger partial charge in [-0.05, 0) is 23.1 Å². The molecule has 1 fully saturated rings. The highest BCUT2D eigenvalue weighted by molar-refractivity contribution is 5.98. The third-order valence-corrected chi connectivity index (χ3v) is 4.20. The Bertz CT molecular complexity index is 741. The van der Waals surface area contributed by atoms with Crippen LogP contribution in [0.3, 0.4) is 0 Å². The molecule has 4 amide bonds. The van der Waals surface area contributed by atoms with Gasteiger partial charge in [0, 0.05) is 13.0 Å². The van der Waals surface area contributed by atoms with Gasteiger partial charge >= 0.3 is 12.2 Å². The molecule has 0 aliphatic carbocycles. The van der Waals surface area contributed by atoms with E-state index in [1.54, 1.807) is 20.8 Å². The van der Waals surface area contributed by atoms with Gasteiger partial charge in [-0.15, -0.1) is 0 Å². The molecule has 1 atom stereocenters. The number of nitrogens with one attached hydrogen (secondary N) is 2. The van der Waals surface area contributed by atoms with Crippen LogP contribution in [0.2, 0.25) is 0 Å². The molecule has 1 aliphatic rings. The molecule has 2 rings (SSSR count). The van der Waals surface area contributed by atoms with Crippen LogP contribution < -0.4 is 10.6 Å². The molecule has 0 bridgehead atoms. The summed E-state index contributed by atoms with van der Waals surface area (Å²) in [7, 11) is 0. The Morgan fingerprint density at radius 1 is 1.26 bits per heavy atom. The minimum atomic E-state index is -4.49. The van der Waals surface area contributed by atoms with E-state index in [9.17, 15) is 27.6 Å². The lowest BCUT2D eigenvalue weighted by Crippen LogP contribution is -2.53. The number of urea groups is 1. The lowest BCUT2D eigenvalue weighted by Gasteiger charge is -2.33. The van der Waals surface area contributed by atoms with Crippen molar-refractivity contribution in [3.63, 3.8) is 0 Å². The topological polar surface area (TPSA) is 78.5 Å². The molecule has 2 N–H and O–H groups in total. The highest BCUT2D eigenvalue weighted by atomic mass is 19.4. The first-order valence-electron chi connectivity index (χ1n) is 8.43. The zero-order valence-corrected chi connectivity index (χ0v) is 15.3. The molecule has 27 heavy (non-hydrogen) atoms. The van der Waals surface area contributed by atoms with Crippen LogP contribution in [-0.2, 0) is 15.8 Å². The number of amides is 4. The average molecular weight is 385 g/mol. The first kappa shape index (κ1) is 20.7. The minimum absolute atomic E-state index is 0.0926. The van der Waals surface area contributed by atoms with Crippen LogP contribution in [0.4, 0.5) is 18.0 Å². The van der Waals surface area contributed by atoms with Crippen molar-refractivity contribution in [2.75, 3.05) is 13.1 Å². The Morgan fingerprint density at radius 2 is 1.93 bits per heavy atom. The van der Waals surface area contributed by atoms with Crippen molar-refractivity contribution in [3.8, 4) is 0 Å². The van der Waals surface area contributed by atoms with E-state index < -0.39 is 41.0 Å². The highest BCUT2D eigenvalue weighted by Gasteiger charge is 2.34. The van der Waals surface area contributed by atoms with Crippen LogP contribution in [-0.4, -0.2) is 35.8 Å². The van der Waals surface area contributed by atoms with Crippen molar-refractivity contribution in [3.05, 3.63) is 35.4 Å². The predicted molar refractivity (Wildman–Crippen MR) is 91.5 cm³/mol. The lowest BCUT2D eigenvalue weighted by molar-refractivity contribution is -0.137. The first-order valence-corrected chi connectivity index (χ1v) is 8.43. The van der Waals surface area contributed by atoms with Crippen LogP contribution in [0.15, 0.2) is 24.3 Å². The molecule has 1 aliphatic heterocycles. The van der Waals surface area contributed by atoms with Gasteiger partial charge in [-0.2, -0.15) is 13.2 Å². The monoisotopic (exact) mass is 385 g/mol. The van der Waals surface area contributed by atoms with E-state index >= 15 is 0 Å². The first-order chi connectivity index (χ1) is 12.4. The lowest BCUT2D eigenvalue weighted by atomic mass is 9.82. The van der Waals surface area contributed by atoms with Crippen LogP contribution >= 0.6 is 0 Å². The summed E-state index contributed by atoms with van der Waals surface area (Å²) in [6.07, 6.45) is -4.39. The van der Waals surface area contributed by atoms with Crippen molar-refractivity contribution >= 4 is 17.8 Å². The Morgan fingerprint density at radius 3 is 2.48 bits per heavy atom. The summed E-state index contributed by atoms with van der Waals surface area (Å²) in [6.45, 7) is 5.21. The third kappa shape index (κ3) is 5.45. The van der Waals surface area contributed by atoms with Crippen molar-refractivity contribution < 1.29 is 27.6 Å². The Kier molecular flexibility index (Phi) is 5.82. The summed E-state index contributed by atoms with van der Waals surface area (Å²) in [5.41, 5.74) is -1.04. The standard InChI is InChI=1S/C18H22F3N3O3/c1-17(2,3)15(11-5-4-6-12(9-11)18(19,20)21)22-14(26)10-24-8-7-13(25)23-16(24)27/h4-6,9,15H,7-8,10H2,1-3H3,(H,22,26)(H,23,25,27). The number of carbonyl (C=O) groups excluding carboxylic acids is 3. The minimum Gasteiger partial charge on any atom is -0.347 e.